The highest BCUT2D eigenvalue weighted by molar-refractivity contribution is 6.40. The van der Waals surface area contributed by atoms with Crippen molar-refractivity contribution in [2.75, 3.05) is 0 Å². The van der Waals surface area contributed by atoms with Crippen molar-refractivity contribution < 1.29 is 0 Å². The van der Waals surface area contributed by atoms with Gasteiger partial charge < -0.3 is 0 Å². The van der Waals surface area contributed by atoms with Crippen LogP contribution in [-0.2, 0) is 0 Å². The second-order valence-corrected chi connectivity index (χ2v) is 17.4. The predicted octanol–water partition coefficient (Wildman–Crippen LogP) is 16.6. The number of rotatable bonds is 4. The summed E-state index contributed by atoms with van der Waals surface area (Å²) in [5, 5.41) is 21.8. The maximum absolute atomic E-state index is 2.53. The smallest absolute Gasteiger partial charge is 0.00197 e. The first-order chi connectivity index (χ1) is 27.1. The molecule has 0 fully saturated rings. The van der Waals surface area contributed by atoms with Crippen molar-refractivity contribution in [1.82, 2.24) is 0 Å². The molecule has 0 nitrogen and oxygen atoms in total. The molecule has 0 aliphatic carbocycles. The Morgan fingerprint density at radius 2 is 0.625 bits per heavy atom. The van der Waals surface area contributed by atoms with Crippen LogP contribution >= 0.6 is 0 Å². The summed E-state index contributed by atoms with van der Waals surface area (Å²) in [6.45, 7) is 18.3. The lowest BCUT2D eigenvalue weighted by atomic mass is 9.89. The molecule has 0 amide bonds. The minimum atomic E-state index is 0.420. The summed E-state index contributed by atoms with van der Waals surface area (Å²) in [6, 6.07) is 47.7. The fraction of sp³-hybridized carbons (Fsp3) is 0.179. The Morgan fingerprint density at radius 3 is 1.00 bits per heavy atom. The monoisotopic (exact) mass is 718 g/mol. The minimum absolute atomic E-state index is 0.420. The standard InChI is InChI=1S/C56H46/c1-29(2)37-23-49-43-19-20-44-48(47(43)27-53-41-17-15-35(21-45(41)51(25-37)55(49)53)39-13-9-11-31(5)33(39)7)28-54-42-18-16-36(40-14-10-12-32(6)34(40)8)22-46(42)52-26-38(30(3)4)24-50(44)56(52)54/h9-30H,1-8H3. The molecule has 0 spiro atoms. The Balaban J connectivity index is 1.27. The van der Waals surface area contributed by atoms with Gasteiger partial charge in [-0.3, -0.25) is 0 Å². The zero-order valence-electron chi connectivity index (χ0n) is 33.7. The molecule has 0 aliphatic heterocycles. The van der Waals surface area contributed by atoms with Crippen molar-refractivity contribution >= 4 is 86.2 Å². The van der Waals surface area contributed by atoms with Gasteiger partial charge in [0.2, 0.25) is 0 Å². The van der Waals surface area contributed by atoms with E-state index < -0.39 is 0 Å². The van der Waals surface area contributed by atoms with Crippen LogP contribution in [0.5, 0.6) is 0 Å². The van der Waals surface area contributed by atoms with Crippen LogP contribution in [0, 0.1) is 27.7 Å². The molecule has 270 valence electrons. The van der Waals surface area contributed by atoms with E-state index in [0.717, 1.165) is 0 Å². The van der Waals surface area contributed by atoms with E-state index in [1.54, 1.807) is 0 Å². The van der Waals surface area contributed by atoms with Crippen LogP contribution in [-0.4, -0.2) is 0 Å². The lowest BCUT2D eigenvalue weighted by molar-refractivity contribution is 0.870. The van der Waals surface area contributed by atoms with Crippen LogP contribution in [0.25, 0.3) is 108 Å². The largest absolute Gasteiger partial charge is 0.0614 e. The molecule has 0 aromatic heterocycles. The molecule has 56 heavy (non-hydrogen) atoms. The van der Waals surface area contributed by atoms with E-state index >= 15 is 0 Å². The number of hydrogen-bond donors (Lipinski definition) is 0. The first kappa shape index (κ1) is 33.4. The molecule has 0 atom stereocenters. The van der Waals surface area contributed by atoms with Crippen molar-refractivity contribution in [3.05, 3.63) is 155 Å². The SMILES string of the molecule is Cc1cccc(-c2ccc3c(c2)c2cc(C(C)C)cc4c5ccc6c(cc7c8ccc(-c9cccc(C)c9C)cc8c8cc(C(C)C)cc6c87)c5cc3c42)c1C. The van der Waals surface area contributed by atoms with Gasteiger partial charge >= 0.3 is 0 Å². The van der Waals surface area contributed by atoms with E-state index in [-0.39, 0.29) is 0 Å². The van der Waals surface area contributed by atoms with Crippen molar-refractivity contribution in [3.63, 3.8) is 0 Å². The molecule has 0 aliphatic rings. The van der Waals surface area contributed by atoms with Crippen LogP contribution in [0.2, 0.25) is 0 Å². The maximum Gasteiger partial charge on any atom is -0.00197 e. The van der Waals surface area contributed by atoms with Gasteiger partial charge in [0.05, 0.1) is 0 Å². The van der Waals surface area contributed by atoms with E-state index in [1.165, 1.54) is 142 Å². The Morgan fingerprint density at radius 1 is 0.304 bits per heavy atom. The number of fused-ring (bicyclic) bond motifs is 11. The highest BCUT2D eigenvalue weighted by atomic mass is 14.3. The molecule has 11 aromatic rings. The Kier molecular flexibility index (Phi) is 7.01. The molecule has 0 unspecified atom stereocenters. The van der Waals surface area contributed by atoms with Gasteiger partial charge in [-0.25, -0.2) is 0 Å². The molecule has 11 aromatic carbocycles. The molecule has 0 heterocycles. The van der Waals surface area contributed by atoms with E-state index in [0.29, 0.717) is 11.8 Å². The summed E-state index contributed by atoms with van der Waals surface area (Å²) in [6.07, 6.45) is 0. The fourth-order valence-electron chi connectivity index (χ4n) is 10.2. The highest BCUT2D eigenvalue weighted by Gasteiger charge is 2.22. The van der Waals surface area contributed by atoms with Crippen LogP contribution in [0.3, 0.4) is 0 Å². The van der Waals surface area contributed by atoms with Crippen molar-refractivity contribution in [3.8, 4) is 22.3 Å². The lowest BCUT2D eigenvalue weighted by Gasteiger charge is -2.15. The highest BCUT2D eigenvalue weighted by Crippen LogP contribution is 2.49. The number of hydrogen-bond acceptors (Lipinski definition) is 0. The predicted molar refractivity (Wildman–Crippen MR) is 247 cm³/mol. The fourth-order valence-corrected chi connectivity index (χ4v) is 10.2. The van der Waals surface area contributed by atoms with Crippen LogP contribution in [0.15, 0.2) is 121 Å². The van der Waals surface area contributed by atoms with Crippen LogP contribution < -0.4 is 0 Å². The molecule has 0 saturated carbocycles. The normalized spacial score (nSPS) is 12.6. The Labute approximate surface area is 329 Å². The van der Waals surface area contributed by atoms with Gasteiger partial charge in [0, 0.05) is 0 Å². The third-order valence-corrected chi connectivity index (χ3v) is 13.7. The van der Waals surface area contributed by atoms with Gasteiger partial charge in [-0.05, 0) is 206 Å². The van der Waals surface area contributed by atoms with Gasteiger partial charge in [-0.15, -0.1) is 0 Å². The van der Waals surface area contributed by atoms with Crippen molar-refractivity contribution in [2.45, 2.75) is 67.2 Å². The average Bonchev–Trinajstić information content (AvgIpc) is 3.69. The third-order valence-electron chi connectivity index (χ3n) is 13.7. The zero-order chi connectivity index (χ0) is 38.3. The van der Waals surface area contributed by atoms with Crippen molar-refractivity contribution in [2.24, 2.45) is 0 Å². The summed E-state index contributed by atoms with van der Waals surface area (Å²) in [5.74, 6) is 0.840. The van der Waals surface area contributed by atoms with Crippen LogP contribution in [0.1, 0.15) is 72.9 Å². The van der Waals surface area contributed by atoms with E-state index in [1.807, 2.05) is 0 Å². The molecular formula is C56H46. The van der Waals surface area contributed by atoms with E-state index in [4.69, 9.17) is 0 Å². The van der Waals surface area contributed by atoms with Gasteiger partial charge in [-0.1, -0.05) is 125 Å². The molecule has 0 heteroatoms. The molecule has 11 rings (SSSR count). The Hall–Kier alpha value is -5.98. The third kappa shape index (κ3) is 4.53. The van der Waals surface area contributed by atoms with Gasteiger partial charge in [0.15, 0.2) is 0 Å². The minimum Gasteiger partial charge on any atom is -0.0614 e. The maximum atomic E-state index is 2.53. The summed E-state index contributed by atoms with van der Waals surface area (Å²) in [5.41, 5.74) is 13.4. The molecule has 0 bridgehead atoms. The average molecular weight is 719 g/mol. The summed E-state index contributed by atoms with van der Waals surface area (Å²) in [7, 11) is 0. The number of benzene rings is 9. The molecule has 0 saturated heterocycles. The number of aryl methyl sites for hydroxylation is 2. The molecule has 0 N–H and O–H groups in total. The second kappa shape index (κ2) is 11.8. The van der Waals surface area contributed by atoms with Gasteiger partial charge in [0.25, 0.3) is 0 Å². The van der Waals surface area contributed by atoms with E-state index in [9.17, 15) is 0 Å². The topological polar surface area (TPSA) is 0 Å². The summed E-state index contributed by atoms with van der Waals surface area (Å²) >= 11 is 0. The van der Waals surface area contributed by atoms with Gasteiger partial charge in [0.1, 0.15) is 0 Å². The first-order valence-electron chi connectivity index (χ1n) is 20.5. The molecule has 0 radical (unpaired) electrons. The molecular weight excluding hydrogens is 673 g/mol. The first-order valence-corrected chi connectivity index (χ1v) is 20.5. The van der Waals surface area contributed by atoms with Crippen LogP contribution in [0.4, 0.5) is 0 Å². The second-order valence-electron chi connectivity index (χ2n) is 17.4. The van der Waals surface area contributed by atoms with Gasteiger partial charge in [-0.2, -0.15) is 0 Å². The quantitative estimate of drug-likeness (QED) is 0.159. The van der Waals surface area contributed by atoms with E-state index in [2.05, 4.69) is 177 Å². The lowest BCUT2D eigenvalue weighted by Crippen LogP contribution is -1.90. The summed E-state index contributed by atoms with van der Waals surface area (Å²) < 4.78 is 0. The Bertz CT molecular complexity index is 3210. The van der Waals surface area contributed by atoms with Crippen molar-refractivity contribution in [1.29, 1.82) is 0 Å². The zero-order valence-corrected chi connectivity index (χ0v) is 33.7. The summed E-state index contributed by atoms with van der Waals surface area (Å²) in [4.78, 5) is 0.